The summed E-state index contributed by atoms with van der Waals surface area (Å²) in [6, 6.07) is 8.21. The lowest BCUT2D eigenvalue weighted by molar-refractivity contribution is 0.102. The van der Waals surface area contributed by atoms with Crippen molar-refractivity contribution in [1.82, 2.24) is 4.98 Å². The summed E-state index contributed by atoms with van der Waals surface area (Å²) >= 11 is 2.08. The van der Waals surface area contributed by atoms with Crippen LogP contribution in [0.4, 0.5) is 5.69 Å². The van der Waals surface area contributed by atoms with Gasteiger partial charge in [-0.25, -0.2) is 4.98 Å². The van der Waals surface area contributed by atoms with Crippen molar-refractivity contribution < 1.29 is 14.6 Å². The fourth-order valence-corrected chi connectivity index (χ4v) is 2.07. The van der Waals surface area contributed by atoms with Gasteiger partial charge in [-0.1, -0.05) is 0 Å². The molecular weight excluding hydrogens is 371 g/mol. The minimum atomic E-state index is -0.382. The number of carbonyl (C=O) groups is 1. The third-order valence-electron chi connectivity index (χ3n) is 2.49. The minimum absolute atomic E-state index is 0.0539. The van der Waals surface area contributed by atoms with Gasteiger partial charge >= 0.3 is 0 Å². The second kappa shape index (κ2) is 6.56. The van der Waals surface area contributed by atoms with Crippen LogP contribution in [0.5, 0.6) is 11.6 Å². The van der Waals surface area contributed by atoms with E-state index in [9.17, 15) is 9.90 Å². The quantitative estimate of drug-likeness (QED) is 0.796. The largest absolute Gasteiger partial charge is 0.507 e. The highest BCUT2D eigenvalue weighted by atomic mass is 127. The van der Waals surface area contributed by atoms with E-state index in [0.29, 0.717) is 18.2 Å². The third kappa shape index (κ3) is 3.60. The first-order valence-corrected chi connectivity index (χ1v) is 7.06. The number of aromatic nitrogens is 1. The Morgan fingerprint density at radius 2 is 2.20 bits per heavy atom. The second-order valence-corrected chi connectivity index (χ2v) is 5.18. The summed E-state index contributed by atoms with van der Waals surface area (Å²) in [4.78, 5) is 16.1. The van der Waals surface area contributed by atoms with Crippen molar-refractivity contribution in [3.05, 3.63) is 45.7 Å². The Morgan fingerprint density at radius 3 is 2.85 bits per heavy atom. The van der Waals surface area contributed by atoms with Gasteiger partial charge in [-0.3, -0.25) is 4.79 Å². The predicted octanol–water partition coefficient (Wildman–Crippen LogP) is 3.04. The first-order chi connectivity index (χ1) is 9.60. The van der Waals surface area contributed by atoms with Gasteiger partial charge in [-0.05, 0) is 53.8 Å². The van der Waals surface area contributed by atoms with Crippen LogP contribution in [0.25, 0.3) is 0 Å². The van der Waals surface area contributed by atoms with Crippen molar-refractivity contribution in [2.24, 2.45) is 0 Å². The van der Waals surface area contributed by atoms with Crippen LogP contribution in [0.1, 0.15) is 17.3 Å². The number of rotatable bonds is 4. The second-order valence-electron chi connectivity index (χ2n) is 3.93. The zero-order valence-corrected chi connectivity index (χ0v) is 12.9. The van der Waals surface area contributed by atoms with E-state index in [1.807, 2.05) is 6.92 Å². The number of halogens is 1. The SMILES string of the molecule is CCOc1ccc(NC(=O)c2cc(I)ccc2O)cn1. The molecule has 1 heterocycles. The van der Waals surface area contributed by atoms with E-state index in [1.54, 1.807) is 24.3 Å². The lowest BCUT2D eigenvalue weighted by Gasteiger charge is -2.08. The van der Waals surface area contributed by atoms with E-state index in [2.05, 4.69) is 32.9 Å². The van der Waals surface area contributed by atoms with Crippen LogP contribution in [-0.4, -0.2) is 22.6 Å². The van der Waals surface area contributed by atoms with Gasteiger partial charge in [-0.15, -0.1) is 0 Å². The zero-order valence-electron chi connectivity index (χ0n) is 10.8. The fourth-order valence-electron chi connectivity index (χ4n) is 1.58. The predicted molar refractivity (Wildman–Crippen MR) is 84.2 cm³/mol. The highest BCUT2D eigenvalue weighted by Gasteiger charge is 2.12. The Balaban J connectivity index is 2.13. The Bertz CT molecular complexity index is 614. The number of benzene rings is 1. The summed E-state index contributed by atoms with van der Waals surface area (Å²) in [7, 11) is 0. The summed E-state index contributed by atoms with van der Waals surface area (Å²) in [5.74, 6) is 0.0661. The van der Waals surface area contributed by atoms with Gasteiger partial charge in [0, 0.05) is 9.64 Å². The molecular formula is C14H13IN2O3. The number of hydrogen-bond donors (Lipinski definition) is 2. The maximum Gasteiger partial charge on any atom is 0.259 e. The summed E-state index contributed by atoms with van der Waals surface area (Å²) in [5, 5.41) is 12.4. The number of ether oxygens (including phenoxy) is 1. The Labute approximate surface area is 130 Å². The molecule has 0 atom stereocenters. The first-order valence-electron chi connectivity index (χ1n) is 5.99. The van der Waals surface area contributed by atoms with Crippen LogP contribution in [0.3, 0.4) is 0 Å². The maximum atomic E-state index is 12.1. The number of nitrogens with one attached hydrogen (secondary N) is 1. The molecule has 0 spiro atoms. The third-order valence-corrected chi connectivity index (χ3v) is 3.16. The molecule has 0 bridgehead atoms. The smallest absolute Gasteiger partial charge is 0.259 e. The molecule has 2 aromatic rings. The number of aromatic hydroxyl groups is 1. The lowest BCUT2D eigenvalue weighted by Crippen LogP contribution is -2.12. The first kappa shape index (κ1) is 14.6. The van der Waals surface area contributed by atoms with E-state index in [0.717, 1.165) is 3.57 Å². The highest BCUT2D eigenvalue weighted by Crippen LogP contribution is 2.21. The number of anilines is 1. The molecule has 0 saturated heterocycles. The number of phenolic OH excluding ortho intramolecular Hbond substituents is 1. The molecule has 0 unspecified atom stereocenters. The van der Waals surface area contributed by atoms with E-state index in [4.69, 9.17) is 4.74 Å². The van der Waals surface area contributed by atoms with Gasteiger partial charge in [-0.2, -0.15) is 0 Å². The molecule has 0 aliphatic carbocycles. The van der Waals surface area contributed by atoms with Crippen molar-refractivity contribution >= 4 is 34.2 Å². The molecule has 1 amide bonds. The van der Waals surface area contributed by atoms with Crippen molar-refractivity contribution in [2.75, 3.05) is 11.9 Å². The van der Waals surface area contributed by atoms with E-state index < -0.39 is 0 Å². The van der Waals surface area contributed by atoms with Crippen molar-refractivity contribution in [1.29, 1.82) is 0 Å². The standard InChI is InChI=1S/C14H13IN2O3/c1-2-20-13-6-4-10(8-16-13)17-14(19)11-7-9(15)3-5-12(11)18/h3-8,18H,2H2,1H3,(H,17,19). The van der Waals surface area contributed by atoms with Gasteiger partial charge < -0.3 is 15.2 Å². The maximum absolute atomic E-state index is 12.1. The van der Waals surface area contributed by atoms with Crippen LogP contribution in [0, 0.1) is 3.57 Å². The lowest BCUT2D eigenvalue weighted by atomic mass is 10.2. The fraction of sp³-hybridized carbons (Fsp3) is 0.143. The molecule has 1 aromatic carbocycles. The summed E-state index contributed by atoms with van der Waals surface area (Å²) in [5.41, 5.74) is 0.766. The van der Waals surface area contributed by atoms with Crippen molar-refractivity contribution in [3.8, 4) is 11.6 Å². The Hall–Kier alpha value is -1.83. The molecule has 0 fully saturated rings. The summed E-state index contributed by atoms with van der Waals surface area (Å²) in [6.07, 6.45) is 1.51. The van der Waals surface area contributed by atoms with Crippen LogP contribution in [0.2, 0.25) is 0 Å². The molecule has 5 nitrogen and oxygen atoms in total. The van der Waals surface area contributed by atoms with Crippen molar-refractivity contribution in [2.45, 2.75) is 6.92 Å². The Morgan fingerprint density at radius 1 is 1.40 bits per heavy atom. The van der Waals surface area contributed by atoms with E-state index in [-0.39, 0.29) is 17.2 Å². The van der Waals surface area contributed by atoms with Crippen LogP contribution in [0.15, 0.2) is 36.5 Å². The molecule has 20 heavy (non-hydrogen) atoms. The van der Waals surface area contributed by atoms with Crippen LogP contribution < -0.4 is 10.1 Å². The van der Waals surface area contributed by atoms with Gasteiger partial charge in [0.05, 0.1) is 24.1 Å². The molecule has 6 heteroatoms. The number of hydrogen-bond acceptors (Lipinski definition) is 4. The number of phenols is 1. The number of carbonyl (C=O) groups excluding carboxylic acids is 1. The zero-order chi connectivity index (χ0) is 14.5. The molecule has 2 rings (SSSR count). The molecule has 2 N–H and O–H groups in total. The molecule has 0 saturated carbocycles. The average Bonchev–Trinajstić information content (AvgIpc) is 2.44. The average molecular weight is 384 g/mol. The van der Waals surface area contributed by atoms with Gasteiger partial charge in [0.1, 0.15) is 5.75 Å². The van der Waals surface area contributed by atoms with E-state index in [1.165, 1.54) is 12.3 Å². The summed E-state index contributed by atoms with van der Waals surface area (Å²) < 4.78 is 6.09. The highest BCUT2D eigenvalue weighted by molar-refractivity contribution is 14.1. The molecule has 104 valence electrons. The van der Waals surface area contributed by atoms with E-state index >= 15 is 0 Å². The monoisotopic (exact) mass is 384 g/mol. The van der Waals surface area contributed by atoms with Crippen LogP contribution in [-0.2, 0) is 0 Å². The topological polar surface area (TPSA) is 71.5 Å². The van der Waals surface area contributed by atoms with Crippen molar-refractivity contribution in [3.63, 3.8) is 0 Å². The minimum Gasteiger partial charge on any atom is -0.507 e. The number of pyridine rings is 1. The Kier molecular flexibility index (Phi) is 4.78. The number of amides is 1. The van der Waals surface area contributed by atoms with Gasteiger partial charge in [0.25, 0.3) is 5.91 Å². The van der Waals surface area contributed by atoms with Crippen LogP contribution >= 0.6 is 22.6 Å². The molecule has 0 radical (unpaired) electrons. The molecule has 0 aliphatic rings. The molecule has 1 aromatic heterocycles. The molecule has 0 aliphatic heterocycles. The number of nitrogens with zero attached hydrogens (tertiary/aromatic N) is 1. The van der Waals surface area contributed by atoms with Gasteiger partial charge in [0.15, 0.2) is 0 Å². The summed E-state index contributed by atoms with van der Waals surface area (Å²) in [6.45, 7) is 2.41. The van der Waals surface area contributed by atoms with Gasteiger partial charge in [0.2, 0.25) is 5.88 Å². The normalized spacial score (nSPS) is 10.1.